The Morgan fingerprint density at radius 3 is 2.59 bits per heavy atom. The molecule has 0 aliphatic rings. The minimum atomic E-state index is -0.458. The van der Waals surface area contributed by atoms with Gasteiger partial charge in [0, 0.05) is 21.6 Å². The number of fused-ring (bicyclic) bond motifs is 1. The molecular formula is C19H16BrClN4O3S. The number of nitrogens with zero attached hydrogens (tertiary/aromatic N) is 2. The van der Waals surface area contributed by atoms with Crippen LogP contribution in [0, 0.1) is 0 Å². The van der Waals surface area contributed by atoms with Crippen molar-refractivity contribution in [3.05, 3.63) is 67.9 Å². The first-order valence-electron chi connectivity index (χ1n) is 8.56. The van der Waals surface area contributed by atoms with E-state index >= 15 is 0 Å². The van der Waals surface area contributed by atoms with Crippen LogP contribution in [0.1, 0.15) is 17.3 Å². The van der Waals surface area contributed by atoms with Crippen molar-refractivity contribution in [1.29, 1.82) is 0 Å². The van der Waals surface area contributed by atoms with Crippen LogP contribution < -0.4 is 16.4 Å². The zero-order valence-corrected chi connectivity index (χ0v) is 18.4. The van der Waals surface area contributed by atoms with E-state index in [4.69, 9.17) is 11.6 Å². The van der Waals surface area contributed by atoms with E-state index in [1.54, 1.807) is 42.5 Å². The molecule has 150 valence electrons. The van der Waals surface area contributed by atoms with Gasteiger partial charge < -0.3 is 0 Å². The highest BCUT2D eigenvalue weighted by Gasteiger charge is 2.13. The van der Waals surface area contributed by atoms with Gasteiger partial charge in [-0.05, 0) is 49.4 Å². The van der Waals surface area contributed by atoms with Crippen LogP contribution in [0.4, 0.5) is 0 Å². The summed E-state index contributed by atoms with van der Waals surface area (Å²) < 4.78 is 2.31. The van der Waals surface area contributed by atoms with Crippen molar-refractivity contribution in [1.82, 2.24) is 20.4 Å². The Hall–Kier alpha value is -2.36. The van der Waals surface area contributed by atoms with Gasteiger partial charge in [0.1, 0.15) is 0 Å². The van der Waals surface area contributed by atoms with E-state index < -0.39 is 11.8 Å². The van der Waals surface area contributed by atoms with Crippen molar-refractivity contribution in [3.8, 4) is 0 Å². The number of halogens is 2. The fraction of sp³-hybridized carbons (Fsp3) is 0.158. The van der Waals surface area contributed by atoms with Gasteiger partial charge in [0.25, 0.3) is 11.5 Å². The van der Waals surface area contributed by atoms with Crippen LogP contribution in [0.3, 0.4) is 0 Å². The molecule has 2 N–H and O–H groups in total. The number of amides is 2. The lowest BCUT2D eigenvalue weighted by Crippen LogP contribution is -2.42. The van der Waals surface area contributed by atoms with Crippen molar-refractivity contribution < 1.29 is 9.59 Å². The van der Waals surface area contributed by atoms with Crippen molar-refractivity contribution in [2.75, 3.05) is 5.75 Å². The summed E-state index contributed by atoms with van der Waals surface area (Å²) in [6, 6.07) is 11.6. The molecule has 1 aromatic heterocycles. The third-order valence-electron chi connectivity index (χ3n) is 3.95. The lowest BCUT2D eigenvalue weighted by atomic mass is 10.2. The largest absolute Gasteiger partial charge is 0.287 e. The summed E-state index contributed by atoms with van der Waals surface area (Å²) in [6.45, 7) is 2.26. The average Bonchev–Trinajstić information content (AvgIpc) is 2.71. The summed E-state index contributed by atoms with van der Waals surface area (Å²) in [5.74, 6) is -0.903. The first-order valence-corrected chi connectivity index (χ1v) is 10.7. The van der Waals surface area contributed by atoms with Crippen LogP contribution in [0.25, 0.3) is 10.9 Å². The number of hydrazine groups is 1. The molecular weight excluding hydrogens is 480 g/mol. The van der Waals surface area contributed by atoms with E-state index in [0.29, 0.717) is 33.2 Å². The molecule has 2 aromatic carbocycles. The van der Waals surface area contributed by atoms with Gasteiger partial charge in [0.05, 0.1) is 16.7 Å². The molecule has 0 saturated carbocycles. The van der Waals surface area contributed by atoms with Gasteiger partial charge in [0.2, 0.25) is 5.91 Å². The Balaban J connectivity index is 1.66. The number of carbonyl (C=O) groups excluding carboxylic acids is 2. The van der Waals surface area contributed by atoms with Gasteiger partial charge in [-0.3, -0.25) is 29.8 Å². The van der Waals surface area contributed by atoms with Gasteiger partial charge in [0.15, 0.2) is 5.16 Å². The van der Waals surface area contributed by atoms with Crippen molar-refractivity contribution >= 4 is 62.0 Å². The van der Waals surface area contributed by atoms with Gasteiger partial charge in [-0.1, -0.05) is 39.3 Å². The van der Waals surface area contributed by atoms with Crippen LogP contribution in [0.2, 0.25) is 5.02 Å². The molecule has 0 aliphatic carbocycles. The van der Waals surface area contributed by atoms with E-state index in [1.165, 1.54) is 4.57 Å². The highest BCUT2D eigenvalue weighted by Crippen LogP contribution is 2.20. The predicted octanol–water partition coefficient (Wildman–Crippen LogP) is 3.39. The van der Waals surface area contributed by atoms with Gasteiger partial charge in [-0.2, -0.15) is 0 Å². The summed E-state index contributed by atoms with van der Waals surface area (Å²) in [6.07, 6.45) is 0. The molecule has 10 heteroatoms. The lowest BCUT2D eigenvalue weighted by Gasteiger charge is -2.12. The lowest BCUT2D eigenvalue weighted by molar-refractivity contribution is -0.119. The standard InChI is InChI=1S/C19H16BrClN4O3S/c1-2-25-18(28)14-9-12(20)5-8-15(14)22-19(25)29-10-16(26)23-24-17(27)11-3-6-13(21)7-4-11/h3-9H,2,10H2,1H3,(H,23,26)(H,24,27). The molecule has 0 bridgehead atoms. The van der Waals surface area contributed by atoms with E-state index in [-0.39, 0.29) is 11.3 Å². The molecule has 1 heterocycles. The third-order valence-corrected chi connectivity index (χ3v) is 5.67. The minimum Gasteiger partial charge on any atom is -0.287 e. The number of thioether (sulfide) groups is 1. The number of rotatable bonds is 5. The van der Waals surface area contributed by atoms with Crippen LogP contribution in [-0.2, 0) is 11.3 Å². The fourth-order valence-corrected chi connectivity index (χ4v) is 3.88. The third kappa shape index (κ3) is 5.17. The molecule has 0 radical (unpaired) electrons. The molecule has 7 nitrogen and oxygen atoms in total. The highest BCUT2D eigenvalue weighted by molar-refractivity contribution is 9.10. The number of hydrogen-bond acceptors (Lipinski definition) is 5. The van der Waals surface area contributed by atoms with Crippen molar-refractivity contribution in [3.63, 3.8) is 0 Å². The van der Waals surface area contributed by atoms with Crippen molar-refractivity contribution in [2.45, 2.75) is 18.6 Å². The normalized spacial score (nSPS) is 10.7. The maximum atomic E-state index is 12.7. The molecule has 0 atom stereocenters. The molecule has 0 unspecified atom stereocenters. The van der Waals surface area contributed by atoms with Gasteiger partial charge in [-0.15, -0.1) is 0 Å². The number of nitrogens with one attached hydrogen (secondary N) is 2. The molecule has 2 amide bonds. The van der Waals surface area contributed by atoms with Crippen molar-refractivity contribution in [2.24, 2.45) is 0 Å². The molecule has 29 heavy (non-hydrogen) atoms. The number of benzene rings is 2. The zero-order chi connectivity index (χ0) is 21.0. The molecule has 3 aromatic rings. The minimum absolute atomic E-state index is 0.0185. The molecule has 0 saturated heterocycles. The van der Waals surface area contributed by atoms with Crippen LogP contribution >= 0.6 is 39.3 Å². The van der Waals surface area contributed by atoms with E-state index in [9.17, 15) is 14.4 Å². The Morgan fingerprint density at radius 1 is 1.17 bits per heavy atom. The molecule has 0 aliphatic heterocycles. The predicted molar refractivity (Wildman–Crippen MR) is 117 cm³/mol. The smallest absolute Gasteiger partial charge is 0.269 e. The highest BCUT2D eigenvalue weighted by atomic mass is 79.9. The summed E-state index contributed by atoms with van der Waals surface area (Å²) in [5, 5.41) is 1.45. The second-order valence-corrected chi connectivity index (χ2v) is 8.20. The summed E-state index contributed by atoms with van der Waals surface area (Å²) >= 11 is 10.3. The van der Waals surface area contributed by atoms with Gasteiger partial charge in [-0.25, -0.2) is 4.98 Å². The van der Waals surface area contributed by atoms with Crippen LogP contribution in [0.5, 0.6) is 0 Å². The quantitative estimate of drug-likeness (QED) is 0.322. The Bertz CT molecular complexity index is 1130. The van der Waals surface area contributed by atoms with E-state index in [0.717, 1.165) is 16.2 Å². The molecule has 0 spiro atoms. The molecule has 3 rings (SSSR count). The fourth-order valence-electron chi connectivity index (χ4n) is 2.53. The Kier molecular flexibility index (Phi) is 6.94. The maximum absolute atomic E-state index is 12.7. The second kappa shape index (κ2) is 9.43. The maximum Gasteiger partial charge on any atom is 0.269 e. The Morgan fingerprint density at radius 2 is 1.90 bits per heavy atom. The monoisotopic (exact) mass is 494 g/mol. The number of hydrogen-bond donors (Lipinski definition) is 2. The number of aromatic nitrogens is 2. The zero-order valence-electron chi connectivity index (χ0n) is 15.2. The Labute approximate surface area is 183 Å². The van der Waals surface area contributed by atoms with Crippen LogP contribution in [0.15, 0.2) is 56.9 Å². The number of carbonyl (C=O) groups is 2. The van der Waals surface area contributed by atoms with Crippen LogP contribution in [-0.4, -0.2) is 27.1 Å². The van der Waals surface area contributed by atoms with E-state index in [2.05, 4.69) is 31.8 Å². The van der Waals surface area contributed by atoms with Gasteiger partial charge >= 0.3 is 0 Å². The van der Waals surface area contributed by atoms with E-state index in [1.807, 2.05) is 6.92 Å². The first-order chi connectivity index (χ1) is 13.9. The second-order valence-electron chi connectivity index (χ2n) is 5.90. The molecule has 0 fully saturated rings. The topological polar surface area (TPSA) is 93.1 Å². The SMILES string of the molecule is CCn1c(SCC(=O)NNC(=O)c2ccc(Cl)cc2)nc2ccc(Br)cc2c1=O. The summed E-state index contributed by atoms with van der Waals surface area (Å²) in [5.41, 5.74) is 5.44. The first kappa shape index (κ1) is 21.4. The summed E-state index contributed by atoms with van der Waals surface area (Å²) in [7, 11) is 0. The summed E-state index contributed by atoms with van der Waals surface area (Å²) in [4.78, 5) is 41.3. The average molecular weight is 496 g/mol.